The minimum atomic E-state index is -2.88. The van der Waals surface area contributed by atoms with Crippen LogP contribution in [0.3, 0.4) is 0 Å². The van der Waals surface area contributed by atoms with Gasteiger partial charge in [0.1, 0.15) is 23.7 Å². The summed E-state index contributed by atoms with van der Waals surface area (Å²) in [6.07, 6.45) is 0.471. The highest BCUT2D eigenvalue weighted by Gasteiger charge is 2.48. The Bertz CT molecular complexity index is 1570. The Balaban J connectivity index is 1.62. The molecule has 2 fully saturated rings. The number of carbonyl (C=O) groups is 3. The van der Waals surface area contributed by atoms with Crippen LogP contribution in [0.5, 0.6) is 5.75 Å². The van der Waals surface area contributed by atoms with E-state index in [1.54, 1.807) is 48.5 Å². The fourth-order valence-electron chi connectivity index (χ4n) is 5.29. The average Bonchev–Trinajstić information content (AvgIpc) is 3.36. The van der Waals surface area contributed by atoms with Crippen molar-refractivity contribution in [2.75, 3.05) is 16.9 Å². The number of rotatable bonds is 8. The van der Waals surface area contributed by atoms with Gasteiger partial charge in [-0.2, -0.15) is 5.26 Å². The first kappa shape index (κ1) is 29.0. The van der Waals surface area contributed by atoms with Crippen molar-refractivity contribution in [1.29, 1.82) is 5.26 Å². The first-order valence-corrected chi connectivity index (χ1v) is 13.6. The zero-order valence-corrected chi connectivity index (χ0v) is 23.2. The lowest BCUT2D eigenvalue weighted by Crippen LogP contribution is -2.56. The third-order valence-corrected chi connectivity index (χ3v) is 7.67. The molecular formula is C30H26ClF2N5O4. The van der Waals surface area contributed by atoms with E-state index in [0.717, 1.165) is 0 Å². The first-order chi connectivity index (χ1) is 20.1. The van der Waals surface area contributed by atoms with Crippen molar-refractivity contribution < 1.29 is 27.9 Å². The maximum Gasteiger partial charge on any atom is 0.252 e. The Morgan fingerprint density at radius 2 is 1.95 bits per heavy atom. The number of nitrogens with zero attached hydrogens (tertiary/aromatic N) is 4. The zero-order valence-electron chi connectivity index (χ0n) is 22.5. The van der Waals surface area contributed by atoms with Crippen LogP contribution in [-0.2, 0) is 14.4 Å². The summed E-state index contributed by atoms with van der Waals surface area (Å²) in [5, 5.41) is 12.2. The normalized spacial score (nSPS) is 18.5. The molecule has 2 heterocycles. The Morgan fingerprint density at radius 3 is 2.64 bits per heavy atom. The molecule has 2 atom stereocenters. The number of hydrogen-bond acceptors (Lipinski definition) is 6. The lowest BCUT2D eigenvalue weighted by atomic mass is 9.87. The molecule has 3 aromatic rings. The fraction of sp³-hybridized carbons (Fsp3) is 0.300. The first-order valence-electron chi connectivity index (χ1n) is 13.2. The molecule has 1 N–H and O–H groups in total. The van der Waals surface area contributed by atoms with E-state index in [2.05, 4.69) is 10.3 Å². The molecule has 2 unspecified atom stereocenters. The van der Waals surface area contributed by atoms with E-state index in [0.29, 0.717) is 5.75 Å². The summed E-state index contributed by atoms with van der Waals surface area (Å²) in [6, 6.07) is 14.5. The van der Waals surface area contributed by atoms with Gasteiger partial charge in [0.25, 0.3) is 11.8 Å². The highest BCUT2D eigenvalue weighted by atomic mass is 35.5. The molecule has 3 amide bonds. The number of benzene rings is 2. The molecule has 1 saturated carbocycles. The number of halogens is 3. The van der Waals surface area contributed by atoms with Crippen molar-refractivity contribution in [3.8, 4) is 11.8 Å². The summed E-state index contributed by atoms with van der Waals surface area (Å²) in [7, 11) is 1.45. The summed E-state index contributed by atoms with van der Waals surface area (Å²) >= 11 is 6.56. The van der Waals surface area contributed by atoms with E-state index in [1.807, 2.05) is 6.07 Å². The predicted molar refractivity (Wildman–Crippen MR) is 150 cm³/mol. The van der Waals surface area contributed by atoms with E-state index in [9.17, 15) is 28.4 Å². The third kappa shape index (κ3) is 5.76. The van der Waals surface area contributed by atoms with Gasteiger partial charge < -0.3 is 10.1 Å². The van der Waals surface area contributed by atoms with Crippen LogP contribution in [0.1, 0.15) is 42.9 Å². The molecule has 2 aliphatic rings. The van der Waals surface area contributed by atoms with Crippen molar-refractivity contribution in [2.24, 2.45) is 0 Å². The number of nitrogens with one attached hydrogen (secondary N) is 1. The third-order valence-electron chi connectivity index (χ3n) is 7.33. The highest BCUT2D eigenvalue weighted by molar-refractivity contribution is 6.31. The van der Waals surface area contributed by atoms with Crippen LogP contribution in [0, 0.1) is 11.3 Å². The van der Waals surface area contributed by atoms with Gasteiger partial charge in [0.15, 0.2) is 0 Å². The fourth-order valence-corrected chi connectivity index (χ4v) is 5.53. The molecule has 0 spiro atoms. The second-order valence-corrected chi connectivity index (χ2v) is 10.5. The van der Waals surface area contributed by atoms with Gasteiger partial charge in [0.2, 0.25) is 11.8 Å². The average molecular weight is 594 g/mol. The number of carbonyl (C=O) groups excluding carboxylic acids is 3. The van der Waals surface area contributed by atoms with E-state index in [4.69, 9.17) is 16.3 Å². The van der Waals surface area contributed by atoms with E-state index < -0.39 is 48.7 Å². The molecule has 9 nitrogen and oxygen atoms in total. The Kier molecular flexibility index (Phi) is 8.09. The van der Waals surface area contributed by atoms with Crippen LogP contribution in [0.4, 0.5) is 20.3 Å². The molecule has 5 rings (SSSR count). The maximum atomic E-state index is 14.6. The van der Waals surface area contributed by atoms with Crippen LogP contribution in [0.15, 0.2) is 66.9 Å². The molecule has 12 heteroatoms. The second kappa shape index (κ2) is 11.7. The summed E-state index contributed by atoms with van der Waals surface area (Å²) in [6.45, 7) is 0. The van der Waals surface area contributed by atoms with Gasteiger partial charge in [-0.15, -0.1) is 0 Å². The van der Waals surface area contributed by atoms with Crippen LogP contribution >= 0.6 is 11.6 Å². The van der Waals surface area contributed by atoms with Crippen molar-refractivity contribution >= 4 is 40.8 Å². The van der Waals surface area contributed by atoms with Gasteiger partial charge in [0.05, 0.1) is 18.7 Å². The molecule has 1 aliphatic heterocycles. The quantitative estimate of drug-likeness (QED) is 0.401. The van der Waals surface area contributed by atoms with Gasteiger partial charge in [-0.05, 0) is 36.8 Å². The number of hydrogen-bond donors (Lipinski definition) is 1. The number of methoxy groups -OCH3 is 1. The number of nitriles is 1. The van der Waals surface area contributed by atoms with Crippen molar-refractivity contribution in [2.45, 2.75) is 49.7 Å². The number of alkyl halides is 2. The van der Waals surface area contributed by atoms with Crippen molar-refractivity contribution in [3.63, 3.8) is 0 Å². The highest BCUT2D eigenvalue weighted by Crippen LogP contribution is 2.40. The van der Waals surface area contributed by atoms with Crippen LogP contribution < -0.4 is 19.9 Å². The van der Waals surface area contributed by atoms with Crippen molar-refractivity contribution in [1.82, 2.24) is 10.3 Å². The molecular weight excluding hydrogens is 568 g/mol. The topological polar surface area (TPSA) is 116 Å². The molecule has 42 heavy (non-hydrogen) atoms. The summed E-state index contributed by atoms with van der Waals surface area (Å²) in [4.78, 5) is 48.3. The number of anilines is 2. The number of ether oxygens (including phenoxy) is 1. The maximum absolute atomic E-state index is 14.6. The lowest BCUT2D eigenvalue weighted by molar-refractivity contribution is -0.133. The summed E-state index contributed by atoms with van der Waals surface area (Å²) < 4.78 is 32.7. The molecule has 0 radical (unpaired) electrons. The number of amides is 3. The van der Waals surface area contributed by atoms with E-state index in [1.165, 1.54) is 35.2 Å². The molecule has 216 valence electrons. The molecule has 1 aromatic heterocycles. The largest absolute Gasteiger partial charge is 0.497 e. The standard InChI is InChI=1S/C30H26ClF2N5O4/c1-42-21-6-4-5-20(14-21)37(29(41)24-9-10-26(39)38(24)25-13-18(17-34)11-12-35-25)27(22-7-2-3-8-23(22)31)28(40)36-19-15-30(32,33)16-19/h2-8,11-14,19,24,27H,9-10,15-16H2,1H3,(H,36,40). The second-order valence-electron chi connectivity index (χ2n) is 10.1. The minimum Gasteiger partial charge on any atom is -0.497 e. The van der Waals surface area contributed by atoms with Gasteiger partial charge >= 0.3 is 0 Å². The molecule has 1 aliphatic carbocycles. The van der Waals surface area contributed by atoms with Crippen LogP contribution in [-0.4, -0.2) is 47.8 Å². The van der Waals surface area contributed by atoms with Crippen LogP contribution in [0.2, 0.25) is 5.02 Å². The molecule has 2 aromatic carbocycles. The Labute approximate surface area is 245 Å². The summed E-state index contributed by atoms with van der Waals surface area (Å²) in [5.41, 5.74) is 0.775. The Hall–Kier alpha value is -4.56. The monoisotopic (exact) mass is 593 g/mol. The number of pyridine rings is 1. The van der Waals surface area contributed by atoms with E-state index in [-0.39, 0.29) is 46.4 Å². The minimum absolute atomic E-state index is 0.0287. The lowest BCUT2D eigenvalue weighted by Gasteiger charge is -2.39. The smallest absolute Gasteiger partial charge is 0.252 e. The summed E-state index contributed by atoms with van der Waals surface area (Å²) in [5.74, 6) is -4.08. The zero-order chi connectivity index (χ0) is 30.0. The Morgan fingerprint density at radius 1 is 1.19 bits per heavy atom. The van der Waals surface area contributed by atoms with Crippen molar-refractivity contribution in [3.05, 3.63) is 83.0 Å². The SMILES string of the molecule is COc1cccc(N(C(=O)C2CCC(=O)N2c2cc(C#N)ccn2)C(C(=O)NC2CC(F)(F)C2)c2ccccc2Cl)c1. The molecule has 0 bridgehead atoms. The van der Waals surface area contributed by atoms with Gasteiger partial charge in [-0.25, -0.2) is 13.8 Å². The number of aromatic nitrogens is 1. The van der Waals surface area contributed by atoms with Gasteiger partial charge in [-0.3, -0.25) is 24.2 Å². The molecule has 1 saturated heterocycles. The van der Waals surface area contributed by atoms with E-state index >= 15 is 0 Å². The predicted octanol–water partition coefficient (Wildman–Crippen LogP) is 4.80. The van der Waals surface area contributed by atoms with Crippen LogP contribution in [0.25, 0.3) is 0 Å². The van der Waals surface area contributed by atoms with Gasteiger partial charge in [0, 0.05) is 53.8 Å². The van der Waals surface area contributed by atoms with Gasteiger partial charge in [-0.1, -0.05) is 35.9 Å².